The third kappa shape index (κ3) is 3.16. The second kappa shape index (κ2) is 5.75. The summed E-state index contributed by atoms with van der Waals surface area (Å²) in [6.45, 7) is 3.28. The normalized spacial score (nSPS) is 29.0. The first-order valence-electron chi connectivity index (χ1n) is 6.77. The molecule has 0 bridgehead atoms. The van der Waals surface area contributed by atoms with Crippen molar-refractivity contribution in [2.45, 2.75) is 43.9 Å². The number of rotatable bonds is 4. The maximum atomic E-state index is 13.0. The maximum absolute atomic E-state index is 13.0. The van der Waals surface area contributed by atoms with Gasteiger partial charge in [-0.2, -0.15) is 13.2 Å². The van der Waals surface area contributed by atoms with Crippen LogP contribution in [0.25, 0.3) is 0 Å². The van der Waals surface area contributed by atoms with Crippen LogP contribution in [0.5, 0.6) is 0 Å². The van der Waals surface area contributed by atoms with E-state index in [1.54, 1.807) is 4.90 Å². The van der Waals surface area contributed by atoms with E-state index in [2.05, 4.69) is 4.90 Å². The topological polar surface area (TPSA) is 32.5 Å². The van der Waals surface area contributed by atoms with Gasteiger partial charge in [0.15, 0.2) is 0 Å². The second-order valence-electron chi connectivity index (χ2n) is 5.32. The van der Waals surface area contributed by atoms with Gasteiger partial charge in [-0.1, -0.05) is 0 Å². The standard InChI is InChI=1S/C12H22F3N3/c13-12(14,15)11(3-5-16)18-8-4-10(9-18)17-6-1-2-7-17/h10-11H,1-9,16H2. The lowest BCUT2D eigenvalue weighted by atomic mass is 10.1. The molecule has 6 heteroatoms. The van der Waals surface area contributed by atoms with E-state index in [1.165, 1.54) is 12.8 Å². The molecule has 106 valence electrons. The van der Waals surface area contributed by atoms with Crippen LogP contribution in [0.3, 0.4) is 0 Å². The summed E-state index contributed by atoms with van der Waals surface area (Å²) in [7, 11) is 0. The van der Waals surface area contributed by atoms with Gasteiger partial charge >= 0.3 is 6.18 Å². The quantitative estimate of drug-likeness (QED) is 0.835. The van der Waals surface area contributed by atoms with E-state index in [0.717, 1.165) is 19.5 Å². The number of nitrogens with zero attached hydrogens (tertiary/aromatic N) is 2. The molecule has 0 radical (unpaired) electrons. The Kier molecular flexibility index (Phi) is 4.50. The van der Waals surface area contributed by atoms with Crippen molar-refractivity contribution in [2.75, 3.05) is 32.7 Å². The van der Waals surface area contributed by atoms with Crippen molar-refractivity contribution in [3.05, 3.63) is 0 Å². The van der Waals surface area contributed by atoms with Crippen LogP contribution in [0.15, 0.2) is 0 Å². The Morgan fingerprint density at radius 1 is 1.17 bits per heavy atom. The number of likely N-dealkylation sites (tertiary alicyclic amines) is 2. The van der Waals surface area contributed by atoms with Crippen molar-refractivity contribution in [2.24, 2.45) is 5.73 Å². The fourth-order valence-corrected chi connectivity index (χ4v) is 3.17. The highest BCUT2D eigenvalue weighted by Gasteiger charge is 2.45. The fourth-order valence-electron chi connectivity index (χ4n) is 3.17. The highest BCUT2D eigenvalue weighted by Crippen LogP contribution is 2.31. The Bertz CT molecular complexity index is 264. The van der Waals surface area contributed by atoms with Gasteiger partial charge < -0.3 is 5.73 Å². The highest BCUT2D eigenvalue weighted by molar-refractivity contribution is 4.91. The minimum atomic E-state index is -4.15. The van der Waals surface area contributed by atoms with Gasteiger partial charge in [0.25, 0.3) is 0 Å². The highest BCUT2D eigenvalue weighted by atomic mass is 19.4. The SMILES string of the molecule is NCCC(N1CCC(N2CCCC2)C1)C(F)(F)F. The molecule has 0 aromatic carbocycles. The van der Waals surface area contributed by atoms with Gasteiger partial charge in [0.1, 0.15) is 6.04 Å². The average Bonchev–Trinajstić information content (AvgIpc) is 2.94. The van der Waals surface area contributed by atoms with Crippen LogP contribution in [-0.4, -0.2) is 60.8 Å². The molecule has 0 aromatic heterocycles. The summed E-state index contributed by atoms with van der Waals surface area (Å²) in [5, 5.41) is 0. The molecule has 2 N–H and O–H groups in total. The Morgan fingerprint density at radius 2 is 1.83 bits per heavy atom. The molecule has 0 aliphatic carbocycles. The Morgan fingerprint density at radius 3 is 2.39 bits per heavy atom. The van der Waals surface area contributed by atoms with E-state index in [4.69, 9.17) is 5.73 Å². The first-order valence-corrected chi connectivity index (χ1v) is 6.77. The van der Waals surface area contributed by atoms with Crippen LogP contribution in [0.4, 0.5) is 13.2 Å². The third-order valence-corrected chi connectivity index (χ3v) is 4.11. The van der Waals surface area contributed by atoms with Crippen LogP contribution in [0.2, 0.25) is 0 Å². The Hall–Kier alpha value is -0.330. The van der Waals surface area contributed by atoms with E-state index in [-0.39, 0.29) is 13.0 Å². The molecule has 3 nitrogen and oxygen atoms in total. The van der Waals surface area contributed by atoms with Crippen molar-refractivity contribution >= 4 is 0 Å². The van der Waals surface area contributed by atoms with Gasteiger partial charge in [-0.15, -0.1) is 0 Å². The largest absolute Gasteiger partial charge is 0.404 e. The zero-order valence-electron chi connectivity index (χ0n) is 10.6. The predicted molar refractivity (Wildman–Crippen MR) is 64.3 cm³/mol. The number of nitrogens with two attached hydrogens (primary N) is 1. The van der Waals surface area contributed by atoms with Gasteiger partial charge in [-0.3, -0.25) is 9.80 Å². The molecule has 18 heavy (non-hydrogen) atoms. The fraction of sp³-hybridized carbons (Fsp3) is 1.00. The Labute approximate surface area is 106 Å². The first kappa shape index (κ1) is 14.1. The number of hydrogen-bond acceptors (Lipinski definition) is 3. The van der Waals surface area contributed by atoms with E-state index in [1.807, 2.05) is 0 Å². The van der Waals surface area contributed by atoms with Gasteiger partial charge in [-0.25, -0.2) is 0 Å². The molecular formula is C12H22F3N3. The van der Waals surface area contributed by atoms with Crippen LogP contribution in [-0.2, 0) is 0 Å². The summed E-state index contributed by atoms with van der Waals surface area (Å²) < 4.78 is 38.9. The molecule has 2 unspecified atom stereocenters. The van der Waals surface area contributed by atoms with Crippen LogP contribution < -0.4 is 5.73 Å². The molecular weight excluding hydrogens is 243 g/mol. The first-order chi connectivity index (χ1) is 8.52. The smallest absolute Gasteiger partial charge is 0.330 e. The third-order valence-electron chi connectivity index (χ3n) is 4.11. The molecule has 0 saturated carbocycles. The molecule has 2 rings (SSSR count). The van der Waals surface area contributed by atoms with Gasteiger partial charge in [0, 0.05) is 19.1 Å². The molecule has 2 heterocycles. The minimum absolute atomic E-state index is 0.0101. The summed E-state index contributed by atoms with van der Waals surface area (Å²) in [4.78, 5) is 3.92. The van der Waals surface area contributed by atoms with Gasteiger partial charge in [0.05, 0.1) is 0 Å². The summed E-state index contributed by atoms with van der Waals surface area (Å²) in [5.74, 6) is 0. The Balaban J connectivity index is 1.92. The van der Waals surface area contributed by atoms with E-state index in [9.17, 15) is 13.2 Å². The van der Waals surface area contributed by atoms with Crippen molar-refractivity contribution in [1.82, 2.24) is 9.80 Å². The van der Waals surface area contributed by atoms with Gasteiger partial charge in [-0.05, 0) is 45.3 Å². The number of halogens is 3. The van der Waals surface area contributed by atoms with Crippen LogP contribution >= 0.6 is 0 Å². The molecule has 2 saturated heterocycles. The lowest BCUT2D eigenvalue weighted by molar-refractivity contribution is -0.182. The van der Waals surface area contributed by atoms with E-state index >= 15 is 0 Å². The summed E-state index contributed by atoms with van der Waals surface area (Å²) in [6.07, 6.45) is -0.920. The summed E-state index contributed by atoms with van der Waals surface area (Å²) in [5.41, 5.74) is 5.31. The van der Waals surface area contributed by atoms with Crippen molar-refractivity contribution in [1.29, 1.82) is 0 Å². The van der Waals surface area contributed by atoms with Crippen LogP contribution in [0, 0.1) is 0 Å². The summed E-state index contributed by atoms with van der Waals surface area (Å²) >= 11 is 0. The molecule has 2 aliphatic rings. The molecule has 2 atom stereocenters. The average molecular weight is 265 g/mol. The number of alkyl halides is 3. The second-order valence-corrected chi connectivity index (χ2v) is 5.32. The predicted octanol–water partition coefficient (Wildman–Crippen LogP) is 1.44. The molecule has 2 fully saturated rings. The molecule has 0 spiro atoms. The van der Waals surface area contributed by atoms with Crippen molar-refractivity contribution in [3.8, 4) is 0 Å². The number of hydrogen-bond donors (Lipinski definition) is 1. The lowest BCUT2D eigenvalue weighted by Crippen LogP contribution is -2.47. The lowest BCUT2D eigenvalue weighted by Gasteiger charge is -2.30. The zero-order chi connectivity index (χ0) is 13.2. The monoisotopic (exact) mass is 265 g/mol. The van der Waals surface area contributed by atoms with Crippen LogP contribution in [0.1, 0.15) is 25.7 Å². The minimum Gasteiger partial charge on any atom is -0.330 e. The summed E-state index contributed by atoms with van der Waals surface area (Å²) in [6, 6.07) is -1.04. The van der Waals surface area contributed by atoms with Crippen molar-refractivity contribution in [3.63, 3.8) is 0 Å². The van der Waals surface area contributed by atoms with Crippen molar-refractivity contribution < 1.29 is 13.2 Å². The van der Waals surface area contributed by atoms with E-state index < -0.39 is 12.2 Å². The molecule has 0 aromatic rings. The van der Waals surface area contributed by atoms with Gasteiger partial charge in [0.2, 0.25) is 0 Å². The maximum Gasteiger partial charge on any atom is 0.404 e. The zero-order valence-corrected chi connectivity index (χ0v) is 10.6. The molecule has 0 amide bonds. The molecule has 2 aliphatic heterocycles. The van der Waals surface area contributed by atoms with E-state index in [0.29, 0.717) is 19.1 Å².